The molecule has 2 aromatic carbocycles. The molecule has 1 aliphatic rings. The number of benzene rings is 2. The van der Waals surface area contributed by atoms with E-state index in [1.165, 1.54) is 17.2 Å². The van der Waals surface area contributed by atoms with E-state index in [1.807, 2.05) is 25.1 Å². The van der Waals surface area contributed by atoms with Crippen LogP contribution < -0.4 is 10.2 Å². The van der Waals surface area contributed by atoms with Gasteiger partial charge in [0.1, 0.15) is 6.07 Å². The van der Waals surface area contributed by atoms with E-state index in [9.17, 15) is 9.59 Å². The third-order valence-corrected chi connectivity index (χ3v) is 5.39. The van der Waals surface area contributed by atoms with E-state index in [4.69, 9.17) is 16.9 Å². The fourth-order valence-electron chi connectivity index (χ4n) is 3.03. The van der Waals surface area contributed by atoms with Gasteiger partial charge in [-0.15, -0.1) is 0 Å². The van der Waals surface area contributed by atoms with Gasteiger partial charge >= 0.3 is 0 Å². The van der Waals surface area contributed by atoms with Crippen molar-refractivity contribution in [1.82, 2.24) is 0 Å². The molecule has 3 rings (SSSR count). The lowest BCUT2D eigenvalue weighted by Crippen LogP contribution is -2.33. The van der Waals surface area contributed by atoms with Gasteiger partial charge in [0, 0.05) is 17.3 Å². The second kappa shape index (κ2) is 8.47. The number of nitriles is 1. The van der Waals surface area contributed by atoms with E-state index >= 15 is 0 Å². The van der Waals surface area contributed by atoms with Crippen molar-refractivity contribution in [3.8, 4) is 6.07 Å². The molecule has 0 atom stereocenters. The maximum absolute atomic E-state index is 12.6. The molecule has 0 saturated heterocycles. The average Bonchev–Trinajstić information content (AvgIpc) is 2.66. The molecule has 1 heterocycles. The first-order valence-electron chi connectivity index (χ1n) is 8.51. The van der Waals surface area contributed by atoms with Crippen molar-refractivity contribution < 1.29 is 9.59 Å². The van der Waals surface area contributed by atoms with E-state index in [0.29, 0.717) is 17.3 Å². The molecular formula is C20H18ClN3O2S. The molecule has 0 saturated carbocycles. The largest absolute Gasteiger partial charge is 0.324 e. The number of carbonyl (C=O) groups is 2. The van der Waals surface area contributed by atoms with Crippen LogP contribution in [0.4, 0.5) is 16.2 Å². The van der Waals surface area contributed by atoms with Crippen LogP contribution in [0, 0.1) is 18.3 Å². The Hall–Kier alpha value is -2.49. The van der Waals surface area contributed by atoms with E-state index in [-0.39, 0.29) is 22.5 Å². The number of fused-ring (bicyclic) bond motifs is 1. The molecular weight excluding hydrogens is 382 g/mol. The number of hydrogen-bond donors (Lipinski definition) is 1. The third kappa shape index (κ3) is 4.62. The summed E-state index contributed by atoms with van der Waals surface area (Å²) in [6.45, 7) is 2.69. The van der Waals surface area contributed by atoms with Crippen LogP contribution in [-0.4, -0.2) is 23.4 Å². The Balaban J connectivity index is 1.62. The number of anilines is 2. The topological polar surface area (TPSA) is 73.2 Å². The second-order valence-electron chi connectivity index (χ2n) is 6.29. The van der Waals surface area contributed by atoms with Crippen molar-refractivity contribution in [3.05, 3.63) is 58.1 Å². The first-order chi connectivity index (χ1) is 13.0. The lowest BCUT2D eigenvalue weighted by atomic mass is 10.0. The van der Waals surface area contributed by atoms with Crippen LogP contribution in [0.15, 0.2) is 36.4 Å². The van der Waals surface area contributed by atoms with Gasteiger partial charge in [-0.3, -0.25) is 9.59 Å². The summed E-state index contributed by atoms with van der Waals surface area (Å²) in [4.78, 5) is 26.5. The van der Waals surface area contributed by atoms with E-state index in [2.05, 4.69) is 11.4 Å². The van der Waals surface area contributed by atoms with E-state index in [1.54, 1.807) is 17.0 Å². The summed E-state index contributed by atoms with van der Waals surface area (Å²) >= 11 is 6.81. The minimum atomic E-state index is -0.340. The Labute approximate surface area is 167 Å². The molecule has 2 amide bonds. The van der Waals surface area contributed by atoms with Crippen LogP contribution in [0.3, 0.4) is 0 Å². The molecule has 7 heteroatoms. The summed E-state index contributed by atoms with van der Waals surface area (Å²) in [6, 6.07) is 12.7. The predicted octanol–water partition coefficient (Wildman–Crippen LogP) is 4.76. The zero-order valence-corrected chi connectivity index (χ0v) is 16.4. The fourth-order valence-corrected chi connectivity index (χ4v) is 3.87. The first-order valence-corrected chi connectivity index (χ1v) is 9.87. The van der Waals surface area contributed by atoms with Crippen molar-refractivity contribution in [3.63, 3.8) is 0 Å². The zero-order chi connectivity index (χ0) is 19.4. The summed E-state index contributed by atoms with van der Waals surface area (Å²) in [5.74, 6) is -0.363. The number of rotatable bonds is 3. The van der Waals surface area contributed by atoms with Gasteiger partial charge in [0.05, 0.1) is 17.0 Å². The molecule has 138 valence electrons. The SMILES string of the molecule is Cc1ccc2c(c1)CCCN2C(=O)SCC(=O)Nc1ccc(Cl)cc1C#N. The Bertz CT molecular complexity index is 939. The molecule has 1 aliphatic heterocycles. The smallest absolute Gasteiger partial charge is 0.286 e. The van der Waals surface area contributed by atoms with Crippen LogP contribution in [0.25, 0.3) is 0 Å². The number of nitrogens with one attached hydrogen (secondary N) is 1. The normalized spacial score (nSPS) is 12.9. The minimum absolute atomic E-state index is 0.0238. The van der Waals surface area contributed by atoms with Crippen LogP contribution >= 0.6 is 23.4 Å². The standard InChI is InChI=1S/C20H18ClN3O2S/c1-13-4-7-18-14(9-13)3-2-8-24(18)20(26)27-12-19(25)23-17-6-5-16(21)10-15(17)11-22/h4-7,9-10H,2-3,8,12H2,1H3,(H,23,25). The number of thioether (sulfide) groups is 1. The van der Waals surface area contributed by atoms with Gasteiger partial charge in [-0.2, -0.15) is 5.26 Å². The third-order valence-electron chi connectivity index (χ3n) is 4.28. The zero-order valence-electron chi connectivity index (χ0n) is 14.8. The number of carbonyl (C=O) groups excluding carboxylic acids is 2. The van der Waals surface area contributed by atoms with Gasteiger partial charge in [0.2, 0.25) is 5.91 Å². The van der Waals surface area contributed by atoms with Crippen LogP contribution in [0.2, 0.25) is 5.02 Å². The van der Waals surface area contributed by atoms with Crippen molar-refractivity contribution in [2.45, 2.75) is 19.8 Å². The molecule has 0 fully saturated rings. The Morgan fingerprint density at radius 3 is 2.89 bits per heavy atom. The van der Waals surface area contributed by atoms with Crippen molar-refractivity contribution in [2.75, 3.05) is 22.5 Å². The number of halogens is 1. The van der Waals surface area contributed by atoms with Crippen molar-refractivity contribution in [1.29, 1.82) is 5.26 Å². The molecule has 2 aromatic rings. The van der Waals surface area contributed by atoms with E-state index < -0.39 is 0 Å². The lowest BCUT2D eigenvalue weighted by molar-refractivity contribution is -0.113. The Morgan fingerprint density at radius 2 is 2.11 bits per heavy atom. The number of aryl methyl sites for hydroxylation is 2. The molecule has 0 radical (unpaired) electrons. The molecule has 5 nitrogen and oxygen atoms in total. The number of hydrogen-bond acceptors (Lipinski definition) is 4. The summed E-state index contributed by atoms with van der Waals surface area (Å²) in [5.41, 5.74) is 3.94. The van der Waals surface area contributed by atoms with Gasteiger partial charge in [-0.25, -0.2) is 0 Å². The second-order valence-corrected chi connectivity index (χ2v) is 7.65. The summed E-state index contributed by atoms with van der Waals surface area (Å²) in [6.07, 6.45) is 1.87. The lowest BCUT2D eigenvalue weighted by Gasteiger charge is -2.29. The first kappa shape index (κ1) is 19.3. The van der Waals surface area contributed by atoms with E-state index in [0.717, 1.165) is 30.3 Å². The molecule has 0 aliphatic carbocycles. The Kier molecular flexibility index (Phi) is 6.04. The van der Waals surface area contributed by atoms with Crippen LogP contribution in [0.5, 0.6) is 0 Å². The molecule has 27 heavy (non-hydrogen) atoms. The highest BCUT2D eigenvalue weighted by Crippen LogP contribution is 2.30. The molecule has 0 unspecified atom stereocenters. The van der Waals surface area contributed by atoms with Gasteiger partial charge in [-0.1, -0.05) is 41.1 Å². The highest BCUT2D eigenvalue weighted by Gasteiger charge is 2.23. The molecule has 0 spiro atoms. The maximum atomic E-state index is 12.6. The van der Waals surface area contributed by atoms with Gasteiger partial charge in [0.25, 0.3) is 5.24 Å². The predicted molar refractivity (Wildman–Crippen MR) is 109 cm³/mol. The van der Waals surface area contributed by atoms with Crippen LogP contribution in [-0.2, 0) is 11.2 Å². The summed E-state index contributed by atoms with van der Waals surface area (Å²) < 4.78 is 0. The Morgan fingerprint density at radius 1 is 1.30 bits per heavy atom. The van der Waals surface area contributed by atoms with Gasteiger partial charge in [0.15, 0.2) is 0 Å². The maximum Gasteiger partial charge on any atom is 0.286 e. The quantitative estimate of drug-likeness (QED) is 0.807. The summed E-state index contributed by atoms with van der Waals surface area (Å²) in [7, 11) is 0. The van der Waals surface area contributed by atoms with Gasteiger partial charge in [-0.05, 0) is 49.6 Å². The summed E-state index contributed by atoms with van der Waals surface area (Å²) in [5, 5.41) is 12.1. The average molecular weight is 400 g/mol. The fraction of sp³-hybridized carbons (Fsp3) is 0.250. The highest BCUT2D eigenvalue weighted by atomic mass is 35.5. The highest BCUT2D eigenvalue weighted by molar-refractivity contribution is 8.14. The van der Waals surface area contributed by atoms with Crippen LogP contribution in [0.1, 0.15) is 23.1 Å². The minimum Gasteiger partial charge on any atom is -0.324 e. The van der Waals surface area contributed by atoms with Crippen molar-refractivity contribution >= 4 is 45.9 Å². The van der Waals surface area contributed by atoms with Gasteiger partial charge < -0.3 is 10.2 Å². The van der Waals surface area contributed by atoms with Crippen molar-refractivity contribution in [2.24, 2.45) is 0 Å². The molecule has 0 aromatic heterocycles. The molecule has 1 N–H and O–H groups in total. The number of nitrogens with zero attached hydrogens (tertiary/aromatic N) is 2. The molecule has 0 bridgehead atoms. The number of amides is 2. The monoisotopic (exact) mass is 399 g/mol.